The summed E-state index contributed by atoms with van der Waals surface area (Å²) in [6, 6.07) is 6.56. The van der Waals surface area contributed by atoms with Gasteiger partial charge < -0.3 is 4.90 Å². The second-order valence-corrected chi connectivity index (χ2v) is 9.80. The average Bonchev–Trinajstić information content (AvgIpc) is 2.61. The zero-order valence-electron chi connectivity index (χ0n) is 15.9. The lowest BCUT2D eigenvalue weighted by molar-refractivity contribution is 0.0217. The van der Waals surface area contributed by atoms with E-state index in [1.807, 2.05) is 4.90 Å². The van der Waals surface area contributed by atoms with Gasteiger partial charge in [-0.15, -0.1) is 0 Å². The van der Waals surface area contributed by atoms with Crippen LogP contribution < -0.4 is 4.72 Å². The summed E-state index contributed by atoms with van der Waals surface area (Å²) in [5, 5.41) is 0. The summed E-state index contributed by atoms with van der Waals surface area (Å²) >= 11 is 0. The van der Waals surface area contributed by atoms with Crippen LogP contribution >= 0.6 is 0 Å². The molecule has 3 atom stereocenters. The molecule has 26 heavy (non-hydrogen) atoms. The minimum absolute atomic E-state index is 0.0320. The van der Waals surface area contributed by atoms with Gasteiger partial charge in [-0.05, 0) is 63.1 Å². The van der Waals surface area contributed by atoms with Gasteiger partial charge in [0.25, 0.3) is 5.91 Å². The first-order valence-electron chi connectivity index (χ1n) is 9.73. The van der Waals surface area contributed by atoms with Crippen molar-refractivity contribution in [3.8, 4) is 0 Å². The number of carbonyl (C=O) groups is 1. The number of hydrogen-bond acceptors (Lipinski definition) is 3. The number of nitrogens with one attached hydrogen (secondary N) is 1. The number of piperidine rings is 1. The number of sulfonamides is 1. The summed E-state index contributed by atoms with van der Waals surface area (Å²) in [4.78, 5) is 15.3. The molecule has 1 aromatic carbocycles. The summed E-state index contributed by atoms with van der Waals surface area (Å²) in [7, 11) is -3.60. The Hall–Kier alpha value is -1.40. The molecule has 5 nitrogen and oxygen atoms in total. The molecule has 2 fully saturated rings. The van der Waals surface area contributed by atoms with E-state index in [2.05, 4.69) is 11.6 Å². The van der Waals surface area contributed by atoms with Crippen molar-refractivity contribution in [1.29, 1.82) is 0 Å². The molecule has 0 radical (unpaired) electrons. The van der Waals surface area contributed by atoms with Crippen molar-refractivity contribution in [2.45, 2.75) is 69.9 Å². The number of amides is 1. The fourth-order valence-corrected chi connectivity index (χ4v) is 5.80. The van der Waals surface area contributed by atoms with Crippen LogP contribution in [0.5, 0.6) is 0 Å². The Morgan fingerprint density at radius 3 is 2.65 bits per heavy atom. The molecule has 6 heteroatoms. The van der Waals surface area contributed by atoms with Gasteiger partial charge in [0.05, 0.1) is 4.90 Å². The predicted molar refractivity (Wildman–Crippen MR) is 102 cm³/mol. The largest absolute Gasteiger partial charge is 0.335 e. The highest BCUT2D eigenvalue weighted by molar-refractivity contribution is 7.89. The van der Waals surface area contributed by atoms with Gasteiger partial charge in [0.1, 0.15) is 0 Å². The minimum atomic E-state index is -3.60. The lowest BCUT2D eigenvalue weighted by Gasteiger charge is -2.47. The Bertz CT molecular complexity index is 760. The molecule has 1 saturated carbocycles. The fraction of sp³-hybridized carbons (Fsp3) is 0.650. The van der Waals surface area contributed by atoms with Crippen LogP contribution in [0.1, 0.15) is 63.2 Å². The van der Waals surface area contributed by atoms with Crippen LogP contribution in [0.4, 0.5) is 0 Å². The van der Waals surface area contributed by atoms with E-state index in [1.54, 1.807) is 32.0 Å². The molecule has 1 heterocycles. The van der Waals surface area contributed by atoms with Gasteiger partial charge in [0.15, 0.2) is 0 Å². The maximum absolute atomic E-state index is 13.2. The van der Waals surface area contributed by atoms with Gasteiger partial charge in [-0.1, -0.05) is 25.8 Å². The summed E-state index contributed by atoms with van der Waals surface area (Å²) in [6.07, 6.45) is 5.71. The van der Waals surface area contributed by atoms with Crippen molar-refractivity contribution in [2.24, 2.45) is 11.8 Å². The first kappa shape index (κ1) is 19.4. The van der Waals surface area contributed by atoms with Crippen LogP contribution in [0.15, 0.2) is 29.2 Å². The third kappa shape index (κ3) is 3.96. The van der Waals surface area contributed by atoms with Crippen LogP contribution in [0, 0.1) is 11.8 Å². The first-order valence-corrected chi connectivity index (χ1v) is 11.2. The Morgan fingerprint density at radius 1 is 1.19 bits per heavy atom. The Balaban J connectivity index is 1.85. The van der Waals surface area contributed by atoms with Crippen LogP contribution in [-0.2, 0) is 10.0 Å². The smallest absolute Gasteiger partial charge is 0.254 e. The van der Waals surface area contributed by atoms with Gasteiger partial charge in [-0.25, -0.2) is 13.1 Å². The van der Waals surface area contributed by atoms with Crippen LogP contribution in [-0.4, -0.2) is 37.9 Å². The highest BCUT2D eigenvalue weighted by Gasteiger charge is 2.39. The summed E-state index contributed by atoms with van der Waals surface area (Å²) in [5.74, 6) is 1.21. The number of rotatable bonds is 4. The van der Waals surface area contributed by atoms with E-state index in [9.17, 15) is 13.2 Å². The van der Waals surface area contributed by atoms with E-state index in [0.717, 1.165) is 19.4 Å². The molecule has 1 aliphatic heterocycles. The molecule has 3 unspecified atom stereocenters. The monoisotopic (exact) mass is 378 g/mol. The van der Waals surface area contributed by atoms with E-state index >= 15 is 0 Å². The number of nitrogens with zero attached hydrogens (tertiary/aromatic N) is 1. The Morgan fingerprint density at radius 2 is 1.92 bits per heavy atom. The van der Waals surface area contributed by atoms with Gasteiger partial charge in [0.2, 0.25) is 10.0 Å². The molecular formula is C20H30N2O3S. The number of fused-ring (bicyclic) bond motifs is 1. The summed E-state index contributed by atoms with van der Waals surface area (Å²) < 4.78 is 27.4. The van der Waals surface area contributed by atoms with Crippen LogP contribution in [0.2, 0.25) is 0 Å². The van der Waals surface area contributed by atoms with Crippen molar-refractivity contribution >= 4 is 15.9 Å². The third-order valence-corrected chi connectivity index (χ3v) is 7.44. The molecular weight excluding hydrogens is 348 g/mol. The summed E-state index contributed by atoms with van der Waals surface area (Å²) in [5.41, 5.74) is 0.468. The van der Waals surface area contributed by atoms with Crippen molar-refractivity contribution in [3.63, 3.8) is 0 Å². The SMILES string of the molecule is CC(C)NS(=O)(=O)c1cccc(C(=O)N2CCC(C)C3CCCCC32)c1. The van der Waals surface area contributed by atoms with E-state index < -0.39 is 10.0 Å². The molecule has 1 saturated heterocycles. The molecule has 3 rings (SSSR count). The first-order chi connectivity index (χ1) is 12.3. The molecule has 144 valence electrons. The molecule has 0 bridgehead atoms. The molecule has 2 aliphatic rings. The van der Waals surface area contributed by atoms with Crippen molar-refractivity contribution in [1.82, 2.24) is 9.62 Å². The fourth-order valence-electron chi connectivity index (χ4n) is 4.51. The number of benzene rings is 1. The highest BCUT2D eigenvalue weighted by Crippen LogP contribution is 2.39. The third-order valence-electron chi connectivity index (χ3n) is 5.78. The zero-order chi connectivity index (χ0) is 18.9. The number of carbonyl (C=O) groups excluding carboxylic acids is 1. The lowest BCUT2D eigenvalue weighted by atomic mass is 9.72. The van der Waals surface area contributed by atoms with Crippen LogP contribution in [0.25, 0.3) is 0 Å². The lowest BCUT2D eigenvalue weighted by Crippen LogP contribution is -2.52. The second kappa shape index (κ2) is 7.69. The molecule has 1 amide bonds. The molecule has 1 aromatic rings. The Labute approximate surface area is 157 Å². The van der Waals surface area contributed by atoms with Gasteiger partial charge >= 0.3 is 0 Å². The van der Waals surface area contributed by atoms with Gasteiger partial charge in [-0.3, -0.25) is 4.79 Å². The predicted octanol–water partition coefficient (Wildman–Crippen LogP) is 3.41. The minimum Gasteiger partial charge on any atom is -0.335 e. The van der Waals surface area contributed by atoms with E-state index in [4.69, 9.17) is 0 Å². The van der Waals surface area contributed by atoms with Crippen molar-refractivity contribution < 1.29 is 13.2 Å². The molecule has 1 N–H and O–H groups in total. The van der Waals surface area contributed by atoms with Gasteiger partial charge in [0, 0.05) is 24.2 Å². The highest BCUT2D eigenvalue weighted by atomic mass is 32.2. The maximum atomic E-state index is 13.2. The van der Waals surface area contributed by atoms with E-state index in [0.29, 0.717) is 23.4 Å². The Kier molecular flexibility index (Phi) is 5.72. The maximum Gasteiger partial charge on any atom is 0.254 e. The zero-order valence-corrected chi connectivity index (χ0v) is 16.8. The molecule has 0 spiro atoms. The average molecular weight is 379 g/mol. The number of hydrogen-bond donors (Lipinski definition) is 1. The summed E-state index contributed by atoms with van der Waals surface area (Å²) in [6.45, 7) is 6.63. The van der Waals surface area contributed by atoms with Crippen molar-refractivity contribution in [2.75, 3.05) is 6.54 Å². The van der Waals surface area contributed by atoms with Gasteiger partial charge in [-0.2, -0.15) is 0 Å². The van der Waals surface area contributed by atoms with Crippen molar-refractivity contribution in [3.05, 3.63) is 29.8 Å². The number of likely N-dealkylation sites (tertiary alicyclic amines) is 1. The second-order valence-electron chi connectivity index (χ2n) is 8.08. The van der Waals surface area contributed by atoms with E-state index in [-0.39, 0.29) is 16.8 Å². The molecule has 1 aliphatic carbocycles. The van der Waals surface area contributed by atoms with Crippen LogP contribution in [0.3, 0.4) is 0 Å². The van der Waals surface area contributed by atoms with E-state index in [1.165, 1.54) is 25.3 Å². The normalized spacial score (nSPS) is 26.6. The topological polar surface area (TPSA) is 66.5 Å². The molecule has 0 aromatic heterocycles. The standard InChI is InChI=1S/C20H30N2O3S/c1-14(2)21-26(24,25)17-8-6-7-16(13-17)20(23)22-12-11-15(3)18-9-4-5-10-19(18)22/h6-8,13-15,18-19,21H,4-5,9-12H2,1-3H3. The quantitative estimate of drug-likeness (QED) is 0.873.